The molecule has 3 aliphatic rings. The van der Waals surface area contributed by atoms with Crippen molar-refractivity contribution < 1.29 is 28.5 Å². The number of benzene rings is 3. The van der Waals surface area contributed by atoms with Gasteiger partial charge in [-0.1, -0.05) is 91.0 Å². The van der Waals surface area contributed by atoms with E-state index in [1.54, 1.807) is 0 Å². The highest BCUT2D eigenvalue weighted by atomic mass is 16.6. The fourth-order valence-electron chi connectivity index (χ4n) is 5.75. The van der Waals surface area contributed by atoms with Crippen molar-refractivity contribution >= 4 is 6.09 Å². The van der Waals surface area contributed by atoms with Crippen LogP contribution in [0, 0.1) is 0 Å². The van der Waals surface area contributed by atoms with Gasteiger partial charge >= 0.3 is 6.09 Å². The van der Waals surface area contributed by atoms with Crippen LogP contribution < -0.4 is 0 Å². The molecule has 0 aromatic heterocycles. The third-order valence-electron chi connectivity index (χ3n) is 7.55. The summed E-state index contributed by atoms with van der Waals surface area (Å²) in [6.45, 7) is 2.03. The van der Waals surface area contributed by atoms with Crippen LogP contribution in [-0.2, 0) is 43.5 Å². The average molecular weight is 516 g/mol. The molecule has 3 saturated heterocycles. The van der Waals surface area contributed by atoms with Crippen LogP contribution in [0.2, 0.25) is 0 Å². The maximum atomic E-state index is 12.8. The molecule has 38 heavy (non-hydrogen) atoms. The Morgan fingerprint density at radius 3 is 1.89 bits per heavy atom. The maximum absolute atomic E-state index is 12.8. The quantitative estimate of drug-likeness (QED) is 0.389. The van der Waals surface area contributed by atoms with Crippen LogP contribution >= 0.6 is 0 Å². The molecule has 2 unspecified atom stereocenters. The molecule has 7 heteroatoms. The summed E-state index contributed by atoms with van der Waals surface area (Å²) >= 11 is 0. The van der Waals surface area contributed by atoms with Gasteiger partial charge in [0.1, 0.15) is 24.9 Å². The van der Waals surface area contributed by atoms with Gasteiger partial charge in [-0.3, -0.25) is 4.90 Å². The monoisotopic (exact) mass is 515 g/mol. The number of fused-ring (bicyclic) bond motifs is 3. The molecule has 0 radical (unpaired) electrons. The Morgan fingerprint density at radius 2 is 1.29 bits per heavy atom. The number of hydrogen-bond acceptors (Lipinski definition) is 6. The van der Waals surface area contributed by atoms with Gasteiger partial charge in [-0.25, -0.2) is 4.79 Å². The van der Waals surface area contributed by atoms with Crippen LogP contribution in [0.4, 0.5) is 4.79 Å². The largest absolute Gasteiger partial charge is 0.447 e. The second-order valence-electron chi connectivity index (χ2n) is 10.1. The number of carbonyl (C=O) groups is 1. The zero-order valence-corrected chi connectivity index (χ0v) is 21.3. The second-order valence-corrected chi connectivity index (χ2v) is 10.1. The van der Waals surface area contributed by atoms with Gasteiger partial charge in [0.2, 0.25) is 0 Å². The Morgan fingerprint density at radius 1 is 0.737 bits per heavy atom. The second kappa shape index (κ2) is 11.7. The number of nitrogens with zero attached hydrogens (tertiary/aromatic N) is 1. The lowest BCUT2D eigenvalue weighted by molar-refractivity contribution is -0.233. The number of rotatable bonds is 10. The summed E-state index contributed by atoms with van der Waals surface area (Å²) in [5, 5.41) is 0. The molecule has 7 nitrogen and oxygen atoms in total. The van der Waals surface area contributed by atoms with Gasteiger partial charge in [0, 0.05) is 0 Å². The molecule has 3 aromatic rings. The summed E-state index contributed by atoms with van der Waals surface area (Å²) in [5.41, 5.74) is 3.22. The van der Waals surface area contributed by atoms with Gasteiger partial charge in [0.05, 0.1) is 44.6 Å². The summed E-state index contributed by atoms with van der Waals surface area (Å²) in [6, 6.07) is 29.9. The van der Waals surface area contributed by atoms with Crippen LogP contribution in [0.5, 0.6) is 0 Å². The zero-order chi connectivity index (χ0) is 25.7. The molecule has 3 aromatic carbocycles. The summed E-state index contributed by atoms with van der Waals surface area (Å²) < 4.78 is 31.4. The Labute approximate surface area is 223 Å². The first-order chi connectivity index (χ1) is 18.8. The lowest BCUT2D eigenvalue weighted by Gasteiger charge is -2.45. The molecule has 0 saturated carbocycles. The summed E-state index contributed by atoms with van der Waals surface area (Å²) in [4.78, 5) is 14.6. The normalized spacial score (nSPS) is 28.1. The zero-order valence-electron chi connectivity index (χ0n) is 21.3. The molecule has 0 aliphatic carbocycles. The van der Waals surface area contributed by atoms with Crippen LogP contribution in [0.3, 0.4) is 0 Å². The number of amides is 1. The predicted octanol–water partition coefficient (Wildman–Crippen LogP) is 4.73. The predicted molar refractivity (Wildman–Crippen MR) is 140 cm³/mol. The molecule has 0 N–H and O–H groups in total. The van der Waals surface area contributed by atoms with Crippen molar-refractivity contribution in [3.05, 3.63) is 108 Å². The number of cyclic esters (lactones) is 1. The molecule has 1 amide bonds. The molecule has 0 bridgehead atoms. The fourth-order valence-corrected chi connectivity index (χ4v) is 5.75. The molecule has 6 rings (SSSR count). The fraction of sp³-hybridized carbons (Fsp3) is 0.387. The Balaban J connectivity index is 1.25. The number of ether oxygens (including phenoxy) is 5. The van der Waals surface area contributed by atoms with Crippen molar-refractivity contribution in [1.29, 1.82) is 0 Å². The number of carbonyl (C=O) groups excluding carboxylic acids is 1. The van der Waals surface area contributed by atoms with Crippen molar-refractivity contribution in [2.75, 3.05) is 13.2 Å². The first-order valence-corrected chi connectivity index (χ1v) is 13.3. The summed E-state index contributed by atoms with van der Waals surface area (Å²) in [7, 11) is 0. The topological polar surface area (TPSA) is 66.5 Å². The van der Waals surface area contributed by atoms with Gasteiger partial charge in [-0.05, 0) is 23.1 Å². The van der Waals surface area contributed by atoms with Gasteiger partial charge < -0.3 is 23.7 Å². The third-order valence-corrected chi connectivity index (χ3v) is 7.55. The highest BCUT2D eigenvalue weighted by molar-refractivity contribution is 5.71. The first kappa shape index (κ1) is 25.1. The van der Waals surface area contributed by atoms with Gasteiger partial charge in [-0.15, -0.1) is 0 Å². The lowest BCUT2D eigenvalue weighted by atomic mass is 9.92. The highest BCUT2D eigenvalue weighted by Crippen LogP contribution is 2.41. The van der Waals surface area contributed by atoms with E-state index in [1.807, 2.05) is 95.9 Å². The minimum atomic E-state index is -0.442. The lowest BCUT2D eigenvalue weighted by Crippen LogP contribution is -2.62. The standard InChI is InChI=1S/C31H33NO6/c33-31-32-25(20-37-31)16-26-28(32)30(36-19-24-14-8-3-9-15-24)29(35-18-23-12-6-2-7-13-23)27(38-26)21-34-17-22-10-4-1-5-11-22/h1-15,25-30H,16-21H2/t25-,26+,27?,28?,29+,30+/m0/s1. The van der Waals surface area contributed by atoms with Crippen molar-refractivity contribution in [2.45, 2.75) is 62.7 Å². The van der Waals surface area contributed by atoms with E-state index in [0.29, 0.717) is 39.5 Å². The highest BCUT2D eigenvalue weighted by Gasteiger charge is 2.59. The van der Waals surface area contributed by atoms with Gasteiger partial charge in [0.25, 0.3) is 0 Å². The maximum Gasteiger partial charge on any atom is 0.410 e. The van der Waals surface area contributed by atoms with Crippen LogP contribution in [0.25, 0.3) is 0 Å². The molecule has 198 valence electrons. The Kier molecular flexibility index (Phi) is 7.69. The van der Waals surface area contributed by atoms with E-state index in [1.165, 1.54) is 0 Å². The molecule has 6 atom stereocenters. The van der Waals surface area contributed by atoms with Crippen molar-refractivity contribution in [3.63, 3.8) is 0 Å². The third kappa shape index (κ3) is 5.47. The van der Waals surface area contributed by atoms with Crippen molar-refractivity contribution in [2.24, 2.45) is 0 Å². The van der Waals surface area contributed by atoms with Crippen LogP contribution in [0.1, 0.15) is 23.1 Å². The molecular formula is C31H33NO6. The van der Waals surface area contributed by atoms with E-state index in [9.17, 15) is 4.79 Å². The van der Waals surface area contributed by atoms with E-state index in [0.717, 1.165) is 16.7 Å². The summed E-state index contributed by atoms with van der Waals surface area (Å²) in [5.74, 6) is 0. The number of hydrogen-bond donors (Lipinski definition) is 0. The Bertz CT molecular complexity index is 1180. The SMILES string of the molecule is O=C1OC[C@@H]2C[C@H]3OC(COCc4ccccc4)[C@@H](OCc4ccccc4)[C@H](OCc4ccccc4)C3N12. The van der Waals surface area contributed by atoms with E-state index in [4.69, 9.17) is 23.7 Å². The average Bonchev–Trinajstić information content (AvgIpc) is 3.51. The van der Waals surface area contributed by atoms with Crippen LogP contribution in [-0.4, -0.2) is 60.7 Å². The molecule has 0 spiro atoms. The van der Waals surface area contributed by atoms with Crippen molar-refractivity contribution in [3.8, 4) is 0 Å². The molecular weight excluding hydrogens is 482 g/mol. The van der Waals surface area contributed by atoms with E-state index in [-0.39, 0.29) is 30.4 Å². The van der Waals surface area contributed by atoms with E-state index >= 15 is 0 Å². The molecule has 3 fully saturated rings. The van der Waals surface area contributed by atoms with Crippen molar-refractivity contribution in [1.82, 2.24) is 4.90 Å². The molecule has 3 heterocycles. The van der Waals surface area contributed by atoms with Gasteiger partial charge in [-0.2, -0.15) is 0 Å². The Hall–Kier alpha value is -3.23. The summed E-state index contributed by atoms with van der Waals surface area (Å²) in [6.07, 6.45) is -0.958. The van der Waals surface area contributed by atoms with E-state index in [2.05, 4.69) is 0 Å². The smallest absolute Gasteiger partial charge is 0.410 e. The minimum absolute atomic E-state index is 0.0147. The molecule has 3 aliphatic heterocycles. The minimum Gasteiger partial charge on any atom is -0.447 e. The first-order valence-electron chi connectivity index (χ1n) is 13.3. The van der Waals surface area contributed by atoms with Crippen LogP contribution in [0.15, 0.2) is 91.0 Å². The van der Waals surface area contributed by atoms with Gasteiger partial charge in [0.15, 0.2) is 0 Å². The van der Waals surface area contributed by atoms with E-state index < -0.39 is 12.2 Å².